The molecule has 168 valence electrons. The number of nitrogens with two attached hydrogens (primary N) is 1. The van der Waals surface area contributed by atoms with Gasteiger partial charge in [0.2, 0.25) is 0 Å². The number of benzene rings is 1. The highest BCUT2D eigenvalue weighted by molar-refractivity contribution is 5.66. The molecule has 0 atom stereocenters. The van der Waals surface area contributed by atoms with E-state index in [9.17, 15) is 5.11 Å². The molecule has 5 heteroatoms. The maximum absolute atomic E-state index is 12.1. The van der Waals surface area contributed by atoms with Crippen LogP contribution in [0.1, 0.15) is 58.6 Å². The summed E-state index contributed by atoms with van der Waals surface area (Å²) in [6.07, 6.45) is 3.60. The van der Waals surface area contributed by atoms with E-state index in [-0.39, 0.29) is 10.8 Å². The standard InChI is InChI=1S/C26H38N4O/c1-18(2)19-7-9-20(10-8-19)26(31)24(3,4)23(25(26,5)6)30-15-13-29(14-16-30)22-17-28-12-11-21(22)27/h7-12,17-18,23,31H,13-16H2,1-6H3,(H2,27,28). The quantitative estimate of drug-likeness (QED) is 0.772. The summed E-state index contributed by atoms with van der Waals surface area (Å²) in [6.45, 7) is 17.1. The molecule has 1 aromatic heterocycles. The number of nitrogens with zero attached hydrogens (tertiary/aromatic N) is 3. The van der Waals surface area contributed by atoms with E-state index in [1.807, 2.05) is 12.3 Å². The molecule has 5 nitrogen and oxygen atoms in total. The highest BCUT2D eigenvalue weighted by atomic mass is 16.3. The lowest BCUT2D eigenvalue weighted by atomic mass is 9.39. The van der Waals surface area contributed by atoms with Gasteiger partial charge in [0, 0.05) is 49.2 Å². The first-order chi connectivity index (χ1) is 14.5. The Morgan fingerprint density at radius 1 is 0.968 bits per heavy atom. The van der Waals surface area contributed by atoms with E-state index in [0.29, 0.717) is 12.0 Å². The van der Waals surface area contributed by atoms with E-state index in [4.69, 9.17) is 5.73 Å². The first-order valence-electron chi connectivity index (χ1n) is 11.5. The fourth-order valence-electron chi connectivity index (χ4n) is 6.70. The summed E-state index contributed by atoms with van der Waals surface area (Å²) >= 11 is 0. The Morgan fingerprint density at radius 2 is 1.55 bits per heavy atom. The number of hydrogen-bond donors (Lipinski definition) is 2. The lowest BCUT2D eigenvalue weighted by Crippen LogP contribution is -2.79. The second-order valence-corrected chi connectivity index (χ2v) is 10.8. The molecular weight excluding hydrogens is 384 g/mol. The lowest BCUT2D eigenvalue weighted by Gasteiger charge is -2.72. The molecule has 0 amide bonds. The van der Waals surface area contributed by atoms with Crippen LogP contribution in [0.25, 0.3) is 0 Å². The Labute approximate surface area is 187 Å². The van der Waals surface area contributed by atoms with Crippen molar-refractivity contribution in [1.82, 2.24) is 9.88 Å². The molecule has 0 radical (unpaired) electrons. The average Bonchev–Trinajstić information content (AvgIpc) is 2.73. The molecule has 2 heterocycles. The molecule has 4 rings (SSSR count). The number of pyridine rings is 1. The molecule has 3 N–H and O–H groups in total. The predicted molar refractivity (Wildman–Crippen MR) is 128 cm³/mol. The van der Waals surface area contributed by atoms with Crippen LogP contribution >= 0.6 is 0 Å². The van der Waals surface area contributed by atoms with Crippen LogP contribution in [-0.2, 0) is 5.60 Å². The van der Waals surface area contributed by atoms with Crippen LogP contribution in [-0.4, -0.2) is 47.2 Å². The Kier molecular flexibility index (Phi) is 5.34. The number of aliphatic hydroxyl groups is 1. The monoisotopic (exact) mass is 422 g/mol. The van der Waals surface area contributed by atoms with Crippen molar-refractivity contribution in [3.05, 3.63) is 53.9 Å². The number of hydrogen-bond acceptors (Lipinski definition) is 5. The van der Waals surface area contributed by atoms with Gasteiger partial charge in [-0.3, -0.25) is 9.88 Å². The van der Waals surface area contributed by atoms with Gasteiger partial charge >= 0.3 is 0 Å². The highest BCUT2D eigenvalue weighted by Crippen LogP contribution is 2.68. The normalized spacial score (nSPS) is 27.9. The molecule has 2 aromatic rings. The third kappa shape index (κ3) is 3.16. The topological polar surface area (TPSA) is 65.6 Å². The minimum Gasteiger partial charge on any atom is -0.397 e. The molecule has 1 aliphatic carbocycles. The van der Waals surface area contributed by atoms with Gasteiger partial charge in [-0.15, -0.1) is 0 Å². The van der Waals surface area contributed by atoms with Gasteiger partial charge in [-0.25, -0.2) is 0 Å². The zero-order chi connectivity index (χ0) is 22.6. The molecule has 1 aromatic carbocycles. The van der Waals surface area contributed by atoms with Gasteiger partial charge in [0.25, 0.3) is 0 Å². The number of aromatic nitrogens is 1. The third-order valence-electron chi connectivity index (χ3n) is 8.08. The Morgan fingerprint density at radius 3 is 2.06 bits per heavy atom. The summed E-state index contributed by atoms with van der Waals surface area (Å²) < 4.78 is 0. The van der Waals surface area contributed by atoms with Crippen LogP contribution in [0.5, 0.6) is 0 Å². The third-order valence-corrected chi connectivity index (χ3v) is 8.08. The smallest absolute Gasteiger partial charge is 0.103 e. The largest absolute Gasteiger partial charge is 0.397 e. The number of nitrogen functional groups attached to an aromatic ring is 1. The molecule has 0 bridgehead atoms. The Hall–Kier alpha value is -2.11. The SMILES string of the molecule is CC(C)c1ccc(C2(O)C(C)(C)C(N3CCN(c4cnccc4N)CC3)C2(C)C)cc1. The van der Waals surface area contributed by atoms with Gasteiger partial charge in [-0.1, -0.05) is 65.8 Å². The van der Waals surface area contributed by atoms with E-state index < -0.39 is 5.60 Å². The second kappa shape index (κ2) is 7.49. The van der Waals surface area contributed by atoms with Crippen LogP contribution in [0.3, 0.4) is 0 Å². The Balaban J connectivity index is 1.54. The van der Waals surface area contributed by atoms with Crippen molar-refractivity contribution in [3.63, 3.8) is 0 Å². The fraction of sp³-hybridized carbons (Fsp3) is 0.577. The number of piperazine rings is 1. The molecule has 1 aliphatic heterocycles. The summed E-state index contributed by atoms with van der Waals surface area (Å²) in [5, 5.41) is 12.1. The summed E-state index contributed by atoms with van der Waals surface area (Å²) in [5.41, 5.74) is 8.93. The minimum absolute atomic E-state index is 0.259. The molecule has 0 unspecified atom stereocenters. The van der Waals surface area contributed by atoms with Crippen LogP contribution in [0.15, 0.2) is 42.7 Å². The molecule has 2 fully saturated rings. The summed E-state index contributed by atoms with van der Waals surface area (Å²) in [6, 6.07) is 10.8. The predicted octanol–water partition coefficient (Wildman–Crippen LogP) is 4.23. The lowest BCUT2D eigenvalue weighted by molar-refractivity contribution is -0.307. The van der Waals surface area contributed by atoms with Crippen molar-refractivity contribution in [2.75, 3.05) is 36.8 Å². The first kappa shape index (κ1) is 22.1. The van der Waals surface area contributed by atoms with Crippen molar-refractivity contribution >= 4 is 11.4 Å². The van der Waals surface area contributed by atoms with Gasteiger partial charge in [-0.05, 0) is 23.1 Å². The second-order valence-electron chi connectivity index (χ2n) is 10.8. The zero-order valence-electron chi connectivity index (χ0n) is 19.9. The van der Waals surface area contributed by atoms with Gasteiger partial charge in [0.1, 0.15) is 5.60 Å². The summed E-state index contributed by atoms with van der Waals surface area (Å²) in [7, 11) is 0. The first-order valence-corrected chi connectivity index (χ1v) is 11.5. The van der Waals surface area contributed by atoms with E-state index in [0.717, 1.165) is 43.1 Å². The van der Waals surface area contributed by atoms with E-state index >= 15 is 0 Å². The molecule has 2 aliphatic rings. The van der Waals surface area contributed by atoms with Crippen molar-refractivity contribution in [2.45, 2.75) is 59.1 Å². The van der Waals surface area contributed by atoms with Crippen LogP contribution in [0.4, 0.5) is 11.4 Å². The van der Waals surface area contributed by atoms with Crippen LogP contribution < -0.4 is 10.6 Å². The summed E-state index contributed by atoms with van der Waals surface area (Å²) in [5.74, 6) is 0.490. The minimum atomic E-state index is -0.870. The van der Waals surface area contributed by atoms with E-state index in [1.54, 1.807) is 6.20 Å². The molecule has 1 saturated carbocycles. The molecule has 31 heavy (non-hydrogen) atoms. The van der Waals surface area contributed by atoms with Crippen LogP contribution in [0, 0.1) is 10.8 Å². The average molecular weight is 423 g/mol. The van der Waals surface area contributed by atoms with Gasteiger partial charge < -0.3 is 15.7 Å². The van der Waals surface area contributed by atoms with Crippen molar-refractivity contribution in [1.29, 1.82) is 0 Å². The van der Waals surface area contributed by atoms with Crippen molar-refractivity contribution < 1.29 is 5.11 Å². The zero-order valence-corrected chi connectivity index (χ0v) is 19.9. The maximum Gasteiger partial charge on any atom is 0.103 e. The van der Waals surface area contributed by atoms with E-state index in [1.165, 1.54) is 5.56 Å². The molecule has 0 spiro atoms. The van der Waals surface area contributed by atoms with Crippen molar-refractivity contribution in [3.8, 4) is 0 Å². The van der Waals surface area contributed by atoms with Crippen LogP contribution in [0.2, 0.25) is 0 Å². The van der Waals surface area contributed by atoms with Crippen molar-refractivity contribution in [2.24, 2.45) is 10.8 Å². The van der Waals surface area contributed by atoms with E-state index in [2.05, 4.69) is 80.6 Å². The Bertz CT molecular complexity index is 911. The molecule has 1 saturated heterocycles. The maximum atomic E-state index is 12.1. The highest BCUT2D eigenvalue weighted by Gasteiger charge is 2.73. The fourth-order valence-corrected chi connectivity index (χ4v) is 6.70. The van der Waals surface area contributed by atoms with Gasteiger partial charge in [0.15, 0.2) is 0 Å². The summed E-state index contributed by atoms with van der Waals surface area (Å²) in [4.78, 5) is 9.15. The van der Waals surface area contributed by atoms with Gasteiger partial charge in [-0.2, -0.15) is 0 Å². The molecular formula is C26H38N4O. The number of anilines is 2. The number of rotatable bonds is 4. The van der Waals surface area contributed by atoms with Gasteiger partial charge in [0.05, 0.1) is 17.6 Å².